The van der Waals surface area contributed by atoms with Gasteiger partial charge in [-0.15, -0.1) is 24.8 Å². The number of likely N-dealkylation sites (N-methyl/N-ethyl adjacent to an activating group) is 1. The molecule has 1 aromatic carbocycles. The predicted octanol–water partition coefficient (Wildman–Crippen LogP) is 3.53. The summed E-state index contributed by atoms with van der Waals surface area (Å²) >= 11 is 0. The molecule has 116 valence electrons. The quantitative estimate of drug-likeness (QED) is 0.841. The first kappa shape index (κ1) is 18.0. The van der Waals surface area contributed by atoms with Crippen molar-refractivity contribution >= 4 is 41.5 Å². The fourth-order valence-corrected chi connectivity index (χ4v) is 2.81. The van der Waals surface area contributed by atoms with Crippen LogP contribution in [-0.2, 0) is 0 Å². The molecule has 1 aliphatic rings. The molecule has 0 saturated carbocycles. The topological polar surface area (TPSA) is 19.4 Å². The number of hydrogen-bond acceptors (Lipinski definition) is 3. The number of fused-ring (bicyclic) bond motifs is 1. The highest BCUT2D eigenvalue weighted by Crippen LogP contribution is 2.23. The molecule has 2 heterocycles. The van der Waals surface area contributed by atoms with Crippen LogP contribution < -0.4 is 4.90 Å². The lowest BCUT2D eigenvalue weighted by Crippen LogP contribution is -2.46. The maximum absolute atomic E-state index is 4.86. The molecule has 1 fully saturated rings. The molecule has 0 spiro atoms. The summed E-state index contributed by atoms with van der Waals surface area (Å²) in [4.78, 5) is 9.77. The Morgan fingerprint density at radius 3 is 2.38 bits per heavy atom. The van der Waals surface area contributed by atoms with Crippen molar-refractivity contribution in [2.45, 2.75) is 13.8 Å². The molecule has 0 bridgehead atoms. The van der Waals surface area contributed by atoms with Crippen LogP contribution in [-0.4, -0.2) is 42.6 Å². The second-order valence-electron chi connectivity index (χ2n) is 5.24. The fraction of sp³-hybridized carbons (Fsp3) is 0.438. The van der Waals surface area contributed by atoms with E-state index in [-0.39, 0.29) is 24.8 Å². The normalized spacial score (nSPS) is 15.4. The summed E-state index contributed by atoms with van der Waals surface area (Å²) in [5.41, 5.74) is 2.38. The average Bonchev–Trinajstić information content (AvgIpc) is 2.47. The maximum Gasteiger partial charge on any atom is 0.132 e. The van der Waals surface area contributed by atoms with Gasteiger partial charge in [-0.3, -0.25) is 0 Å². The van der Waals surface area contributed by atoms with E-state index in [0.29, 0.717) is 0 Å². The Bertz CT molecular complexity index is 581. The Balaban J connectivity index is 0.00000110. The SMILES string of the molecule is CCN1CCN(c2nc3ccccc3cc2C)CC1.Cl.Cl. The molecule has 3 nitrogen and oxygen atoms in total. The number of rotatable bonds is 2. The summed E-state index contributed by atoms with van der Waals surface area (Å²) in [6, 6.07) is 10.6. The van der Waals surface area contributed by atoms with E-state index in [1.165, 1.54) is 10.9 Å². The van der Waals surface area contributed by atoms with Gasteiger partial charge in [0, 0.05) is 31.6 Å². The second kappa shape index (κ2) is 7.83. The third kappa shape index (κ3) is 3.79. The number of anilines is 1. The second-order valence-corrected chi connectivity index (χ2v) is 5.24. The molecule has 0 radical (unpaired) electrons. The van der Waals surface area contributed by atoms with E-state index in [0.717, 1.165) is 44.1 Å². The van der Waals surface area contributed by atoms with Gasteiger partial charge < -0.3 is 9.80 Å². The van der Waals surface area contributed by atoms with Crippen LogP contribution in [0, 0.1) is 6.92 Å². The number of halogens is 2. The number of nitrogens with zero attached hydrogens (tertiary/aromatic N) is 3. The van der Waals surface area contributed by atoms with E-state index >= 15 is 0 Å². The number of aromatic nitrogens is 1. The summed E-state index contributed by atoms with van der Waals surface area (Å²) < 4.78 is 0. The van der Waals surface area contributed by atoms with Gasteiger partial charge in [0.2, 0.25) is 0 Å². The molecule has 1 aromatic heterocycles. The van der Waals surface area contributed by atoms with Gasteiger partial charge in [0.05, 0.1) is 5.52 Å². The predicted molar refractivity (Wildman–Crippen MR) is 95.3 cm³/mol. The van der Waals surface area contributed by atoms with Gasteiger partial charge in [-0.1, -0.05) is 25.1 Å². The highest BCUT2D eigenvalue weighted by atomic mass is 35.5. The first-order chi connectivity index (χ1) is 9.28. The molecule has 1 aliphatic heterocycles. The minimum absolute atomic E-state index is 0. The van der Waals surface area contributed by atoms with E-state index in [9.17, 15) is 0 Å². The van der Waals surface area contributed by atoms with E-state index in [1.54, 1.807) is 0 Å². The van der Waals surface area contributed by atoms with Crippen LogP contribution in [0.5, 0.6) is 0 Å². The zero-order chi connectivity index (χ0) is 13.2. The number of benzene rings is 1. The van der Waals surface area contributed by atoms with Gasteiger partial charge >= 0.3 is 0 Å². The Hall–Kier alpha value is -1.03. The van der Waals surface area contributed by atoms with Gasteiger partial charge in [0.15, 0.2) is 0 Å². The molecule has 0 atom stereocenters. The van der Waals surface area contributed by atoms with Crippen molar-refractivity contribution in [3.05, 3.63) is 35.9 Å². The van der Waals surface area contributed by atoms with E-state index in [4.69, 9.17) is 4.98 Å². The van der Waals surface area contributed by atoms with Crippen molar-refractivity contribution in [3.63, 3.8) is 0 Å². The lowest BCUT2D eigenvalue weighted by molar-refractivity contribution is 0.270. The summed E-state index contributed by atoms with van der Waals surface area (Å²) in [7, 11) is 0. The van der Waals surface area contributed by atoms with Gasteiger partial charge in [0.25, 0.3) is 0 Å². The van der Waals surface area contributed by atoms with Crippen LogP contribution in [0.4, 0.5) is 5.82 Å². The summed E-state index contributed by atoms with van der Waals surface area (Å²) in [5.74, 6) is 1.16. The lowest BCUT2D eigenvalue weighted by Gasteiger charge is -2.35. The molecule has 0 N–H and O–H groups in total. The average molecular weight is 328 g/mol. The van der Waals surface area contributed by atoms with Crippen LogP contribution in [0.3, 0.4) is 0 Å². The summed E-state index contributed by atoms with van der Waals surface area (Å²) in [6.45, 7) is 10.0. The van der Waals surface area contributed by atoms with Gasteiger partial charge in [-0.05, 0) is 31.2 Å². The van der Waals surface area contributed by atoms with Gasteiger partial charge in [-0.2, -0.15) is 0 Å². The molecular formula is C16H23Cl2N3. The molecule has 21 heavy (non-hydrogen) atoms. The van der Waals surface area contributed by atoms with Crippen molar-refractivity contribution in [2.24, 2.45) is 0 Å². The number of para-hydroxylation sites is 1. The Morgan fingerprint density at radius 1 is 1.05 bits per heavy atom. The Kier molecular flexibility index (Phi) is 6.72. The Labute approximate surface area is 139 Å². The van der Waals surface area contributed by atoms with Gasteiger partial charge in [0.1, 0.15) is 5.82 Å². The highest BCUT2D eigenvalue weighted by Gasteiger charge is 2.18. The third-order valence-electron chi connectivity index (χ3n) is 4.01. The minimum Gasteiger partial charge on any atom is -0.354 e. The number of piperazine rings is 1. The first-order valence-corrected chi connectivity index (χ1v) is 7.11. The smallest absolute Gasteiger partial charge is 0.132 e. The van der Waals surface area contributed by atoms with Crippen molar-refractivity contribution in [1.82, 2.24) is 9.88 Å². The van der Waals surface area contributed by atoms with Crippen LogP contribution >= 0.6 is 24.8 Å². The van der Waals surface area contributed by atoms with Crippen molar-refractivity contribution in [2.75, 3.05) is 37.6 Å². The maximum atomic E-state index is 4.86. The first-order valence-electron chi connectivity index (χ1n) is 7.11. The van der Waals surface area contributed by atoms with E-state index < -0.39 is 0 Å². The summed E-state index contributed by atoms with van der Waals surface area (Å²) in [6.07, 6.45) is 0. The van der Waals surface area contributed by atoms with Crippen molar-refractivity contribution in [3.8, 4) is 0 Å². The molecule has 0 unspecified atom stereocenters. The molecule has 0 amide bonds. The largest absolute Gasteiger partial charge is 0.354 e. The monoisotopic (exact) mass is 327 g/mol. The third-order valence-corrected chi connectivity index (χ3v) is 4.01. The van der Waals surface area contributed by atoms with Crippen molar-refractivity contribution in [1.29, 1.82) is 0 Å². The molecule has 0 aliphatic carbocycles. The molecule has 3 rings (SSSR count). The number of aryl methyl sites for hydroxylation is 1. The number of hydrogen-bond donors (Lipinski definition) is 0. The number of pyridine rings is 1. The summed E-state index contributed by atoms with van der Waals surface area (Å²) in [5, 5.41) is 1.23. The van der Waals surface area contributed by atoms with Crippen LogP contribution in [0.15, 0.2) is 30.3 Å². The molecule has 5 heteroatoms. The minimum atomic E-state index is 0. The molecule has 2 aromatic rings. The zero-order valence-electron chi connectivity index (χ0n) is 12.6. The highest BCUT2D eigenvalue weighted by molar-refractivity contribution is 5.85. The molecular weight excluding hydrogens is 305 g/mol. The standard InChI is InChI=1S/C16H21N3.2ClH/c1-3-18-8-10-19(11-9-18)16-13(2)12-14-6-4-5-7-15(14)17-16;;/h4-7,12H,3,8-11H2,1-2H3;2*1H. The van der Waals surface area contributed by atoms with E-state index in [2.05, 4.69) is 54.0 Å². The molecule has 1 saturated heterocycles. The fourth-order valence-electron chi connectivity index (χ4n) is 2.81. The van der Waals surface area contributed by atoms with Gasteiger partial charge in [-0.25, -0.2) is 4.98 Å². The van der Waals surface area contributed by atoms with Crippen LogP contribution in [0.1, 0.15) is 12.5 Å². The van der Waals surface area contributed by atoms with Crippen LogP contribution in [0.2, 0.25) is 0 Å². The Morgan fingerprint density at radius 2 is 1.71 bits per heavy atom. The van der Waals surface area contributed by atoms with Crippen LogP contribution in [0.25, 0.3) is 10.9 Å². The van der Waals surface area contributed by atoms with Crippen molar-refractivity contribution < 1.29 is 0 Å². The lowest BCUT2D eigenvalue weighted by atomic mass is 10.1. The van der Waals surface area contributed by atoms with E-state index in [1.807, 2.05) is 0 Å². The zero-order valence-corrected chi connectivity index (χ0v) is 14.2.